The van der Waals surface area contributed by atoms with Crippen molar-refractivity contribution in [3.8, 4) is 0 Å². The van der Waals surface area contributed by atoms with Crippen LogP contribution < -0.4 is 10.9 Å². The molecule has 6 aromatic rings. The van der Waals surface area contributed by atoms with E-state index in [2.05, 4.69) is 47.1 Å². The lowest BCUT2D eigenvalue weighted by Gasteiger charge is -2.39. The molecule has 404 valence electrons. The van der Waals surface area contributed by atoms with E-state index in [1.165, 1.54) is 36.4 Å². The summed E-state index contributed by atoms with van der Waals surface area (Å²) in [6, 6.07) is 36.3. The molecule has 0 aromatic heterocycles. The molecule has 0 saturated heterocycles. The second-order valence-corrected chi connectivity index (χ2v) is 20.6. The Bertz CT molecular complexity index is 3080. The predicted molar refractivity (Wildman–Crippen MR) is 291 cm³/mol. The third-order valence-electron chi connectivity index (χ3n) is 13.0. The van der Waals surface area contributed by atoms with Crippen LogP contribution in [0.5, 0.6) is 0 Å². The Morgan fingerprint density at radius 1 is 0.526 bits per heavy atom. The molecular formula is C54H46F6N8O8S2. The summed E-state index contributed by atoms with van der Waals surface area (Å²) in [5.41, 5.74) is 4.96. The van der Waals surface area contributed by atoms with Crippen LogP contribution >= 0.6 is 23.5 Å². The Morgan fingerprint density at radius 3 is 1.18 bits per heavy atom. The first-order valence-electron chi connectivity index (χ1n) is 23.5. The van der Waals surface area contributed by atoms with E-state index in [-0.39, 0.29) is 34.0 Å². The number of benzene rings is 6. The van der Waals surface area contributed by atoms with Crippen molar-refractivity contribution in [2.75, 3.05) is 22.4 Å². The Kier molecular flexibility index (Phi) is 17.9. The molecule has 0 amide bonds. The molecule has 0 spiro atoms. The second kappa shape index (κ2) is 24.3. The number of anilines is 2. The molecule has 2 heterocycles. The molecule has 0 unspecified atom stereocenters. The molecule has 24 heteroatoms. The molecular weight excluding hydrogens is 1070 g/mol. The van der Waals surface area contributed by atoms with Crippen molar-refractivity contribution in [2.45, 2.75) is 50.9 Å². The van der Waals surface area contributed by atoms with Gasteiger partial charge < -0.3 is 0 Å². The molecule has 78 heavy (non-hydrogen) atoms. The molecule has 8 rings (SSSR count). The van der Waals surface area contributed by atoms with E-state index in [0.717, 1.165) is 69.5 Å². The van der Waals surface area contributed by atoms with Crippen molar-refractivity contribution in [1.82, 2.24) is 0 Å². The van der Waals surface area contributed by atoms with Crippen LogP contribution in [-0.4, -0.2) is 43.6 Å². The number of hydrazone groups is 2. The lowest BCUT2D eigenvalue weighted by atomic mass is 9.72. The molecule has 2 aliphatic rings. The highest BCUT2D eigenvalue weighted by molar-refractivity contribution is 8.08. The summed E-state index contributed by atoms with van der Waals surface area (Å²) < 4.78 is 78.1. The third kappa shape index (κ3) is 14.2. The number of hydrogen-bond donors (Lipinski definition) is 2. The fourth-order valence-electron chi connectivity index (χ4n) is 8.66. The molecule has 0 saturated carbocycles. The zero-order chi connectivity index (χ0) is 56.4. The monoisotopic (exact) mass is 1110 g/mol. The van der Waals surface area contributed by atoms with Gasteiger partial charge >= 0.3 is 23.7 Å². The highest BCUT2D eigenvalue weighted by atomic mass is 32.2. The van der Waals surface area contributed by atoms with Crippen LogP contribution in [0.3, 0.4) is 0 Å². The fraction of sp³-hybridized carbons (Fsp3) is 0.222. The maximum absolute atomic E-state index is 13.0. The van der Waals surface area contributed by atoms with Crippen molar-refractivity contribution < 1.29 is 46.0 Å². The number of hydrogen-bond acceptors (Lipinski definition) is 14. The number of non-ortho nitro benzene ring substituents is 2. The summed E-state index contributed by atoms with van der Waals surface area (Å²) in [7, 11) is 0. The quantitative estimate of drug-likeness (QED) is 0.0400. The number of nitrogens with zero attached hydrogens (tertiary/aromatic N) is 6. The number of nitro benzene ring substituents is 4. The molecule has 2 N–H and O–H groups in total. The second-order valence-electron chi connectivity index (χ2n) is 18.6. The van der Waals surface area contributed by atoms with Crippen molar-refractivity contribution in [1.29, 1.82) is 0 Å². The minimum atomic E-state index is -4.40. The average molecular weight is 1110 g/mol. The first-order chi connectivity index (χ1) is 37.0. The Morgan fingerprint density at radius 2 is 0.872 bits per heavy atom. The zero-order valence-corrected chi connectivity index (χ0v) is 42.8. The van der Waals surface area contributed by atoms with E-state index >= 15 is 0 Å². The first kappa shape index (κ1) is 57.3. The van der Waals surface area contributed by atoms with Crippen molar-refractivity contribution in [3.05, 3.63) is 232 Å². The molecule has 0 bridgehead atoms. The number of nitro groups is 4. The van der Waals surface area contributed by atoms with Gasteiger partial charge in [0.15, 0.2) is 0 Å². The Hall–Kier alpha value is -8.38. The lowest BCUT2D eigenvalue weighted by molar-refractivity contribution is -0.393. The van der Waals surface area contributed by atoms with Gasteiger partial charge in [-0.05, 0) is 82.3 Å². The highest BCUT2D eigenvalue weighted by Gasteiger charge is 2.39. The Labute approximate surface area is 450 Å². The van der Waals surface area contributed by atoms with Crippen molar-refractivity contribution in [2.24, 2.45) is 21.0 Å². The molecule has 0 radical (unpaired) electrons. The smallest absolute Gasteiger partial charge is 0.272 e. The van der Waals surface area contributed by atoms with Gasteiger partial charge in [0.05, 0.1) is 43.0 Å². The molecule has 0 fully saturated rings. The van der Waals surface area contributed by atoms with Crippen LogP contribution in [0, 0.1) is 51.3 Å². The number of alkyl halides is 6. The standard InChI is InChI=1S/2C27H23F3N4O4S/c2*1-26(13-14-31-32-23-12-11-21(33(35)36)15-24(23)34(37)38)17-39-25(16-22(26)18-5-3-2-4-6-18)19-7-9-20(10-8-19)27(28,29)30/h2*2-12,14-16,22,32H,13,17H2,1H3/b2*31-14+/t2*22-,26-/m11/s1. The van der Waals surface area contributed by atoms with E-state index in [1.807, 2.05) is 60.7 Å². The maximum atomic E-state index is 13.0. The van der Waals surface area contributed by atoms with Crippen LogP contribution in [0.15, 0.2) is 168 Å². The van der Waals surface area contributed by atoms with Gasteiger partial charge in [-0.15, -0.1) is 23.5 Å². The van der Waals surface area contributed by atoms with Crippen LogP contribution in [0.2, 0.25) is 0 Å². The lowest BCUT2D eigenvalue weighted by Crippen LogP contribution is -2.30. The number of rotatable bonds is 16. The van der Waals surface area contributed by atoms with Gasteiger partial charge in [0, 0.05) is 57.7 Å². The summed E-state index contributed by atoms with van der Waals surface area (Å²) in [6.07, 6.45) is -0.505. The average Bonchev–Trinajstić information content (AvgIpc) is 3.53. The van der Waals surface area contributed by atoms with Gasteiger partial charge in [-0.3, -0.25) is 51.3 Å². The number of halogens is 6. The van der Waals surface area contributed by atoms with Crippen molar-refractivity contribution >= 4 is 79.9 Å². The molecule has 4 atom stereocenters. The number of nitrogens with one attached hydrogen (secondary N) is 2. The van der Waals surface area contributed by atoms with Gasteiger partial charge in [0.25, 0.3) is 11.4 Å². The van der Waals surface area contributed by atoms with Gasteiger partial charge in [0.2, 0.25) is 0 Å². The summed E-state index contributed by atoms with van der Waals surface area (Å²) in [4.78, 5) is 43.6. The van der Waals surface area contributed by atoms with Crippen LogP contribution in [0.1, 0.15) is 71.9 Å². The normalized spacial score (nSPS) is 19.5. The molecule has 2 aliphatic heterocycles. The summed E-state index contributed by atoms with van der Waals surface area (Å²) in [5.74, 6) is 1.11. The van der Waals surface area contributed by atoms with E-state index in [1.54, 1.807) is 36.0 Å². The SMILES string of the molecule is C[C@@]1(C/C=N/Nc2ccc([N+](=O)[O-])cc2[N+](=O)[O-])CSC(c2ccc(C(F)(F)F)cc2)=C[C@@H]1c1ccccc1.C[C@@]1(C/C=N/Nc2ccc([N+](=O)[O-])cc2[N+](=O)[O-])CSC(c2ccc(C(F)(F)F)cc2)=C[C@@H]1c1ccccc1. The molecule has 0 aliphatic carbocycles. The minimum Gasteiger partial charge on any atom is -0.272 e. The van der Waals surface area contributed by atoms with E-state index < -0.39 is 65.9 Å². The zero-order valence-electron chi connectivity index (χ0n) is 41.2. The highest BCUT2D eigenvalue weighted by Crippen LogP contribution is 2.52. The van der Waals surface area contributed by atoms with E-state index in [9.17, 15) is 66.8 Å². The number of thioether (sulfide) groups is 2. The minimum absolute atomic E-state index is 0.0223. The van der Waals surface area contributed by atoms with Crippen LogP contribution in [0.4, 0.5) is 60.5 Å². The van der Waals surface area contributed by atoms with Crippen molar-refractivity contribution in [3.63, 3.8) is 0 Å². The third-order valence-corrected chi connectivity index (χ3v) is 16.0. The van der Waals surface area contributed by atoms with Crippen LogP contribution in [0.25, 0.3) is 9.81 Å². The topological polar surface area (TPSA) is 221 Å². The Balaban J connectivity index is 0.000000226. The van der Waals surface area contributed by atoms with Gasteiger partial charge in [-0.1, -0.05) is 111 Å². The predicted octanol–water partition coefficient (Wildman–Crippen LogP) is 15.8. The van der Waals surface area contributed by atoms with Crippen LogP contribution in [-0.2, 0) is 12.4 Å². The largest absolute Gasteiger partial charge is 0.416 e. The molecule has 16 nitrogen and oxygen atoms in total. The van der Waals surface area contributed by atoms with E-state index in [4.69, 9.17) is 0 Å². The fourth-order valence-corrected chi connectivity index (χ4v) is 11.3. The van der Waals surface area contributed by atoms with E-state index in [0.29, 0.717) is 35.5 Å². The molecule has 6 aromatic carbocycles. The summed E-state index contributed by atoms with van der Waals surface area (Å²) >= 11 is 3.09. The number of allylic oxidation sites excluding steroid dienone is 2. The van der Waals surface area contributed by atoms with Gasteiger partial charge in [-0.2, -0.15) is 36.5 Å². The first-order valence-corrected chi connectivity index (χ1v) is 25.5. The van der Waals surface area contributed by atoms with Gasteiger partial charge in [0.1, 0.15) is 11.4 Å². The summed E-state index contributed by atoms with van der Waals surface area (Å²) in [5, 5.41) is 52.9. The maximum Gasteiger partial charge on any atom is 0.416 e. The summed E-state index contributed by atoms with van der Waals surface area (Å²) in [6.45, 7) is 4.16. The van der Waals surface area contributed by atoms with Gasteiger partial charge in [-0.25, -0.2) is 0 Å².